The lowest BCUT2D eigenvalue weighted by Gasteiger charge is -2.43. The van der Waals surface area contributed by atoms with Gasteiger partial charge in [0, 0.05) is 73.9 Å². The third kappa shape index (κ3) is 6.83. The fourth-order valence-corrected chi connectivity index (χ4v) is 6.14. The van der Waals surface area contributed by atoms with Gasteiger partial charge in [-0.15, -0.1) is 0 Å². The number of nitriles is 1. The molecule has 0 saturated carbocycles. The molecule has 246 valence electrons. The fourth-order valence-electron chi connectivity index (χ4n) is 6.14. The molecule has 4 aromatic rings. The van der Waals surface area contributed by atoms with Crippen LogP contribution in [0.5, 0.6) is 5.75 Å². The summed E-state index contributed by atoms with van der Waals surface area (Å²) in [5, 5.41) is 13.1. The molecule has 0 spiro atoms. The minimum Gasteiger partial charge on any atom is -0.486 e. The Balaban J connectivity index is 0.965. The zero-order chi connectivity index (χ0) is 33.0. The molecule has 1 amide bonds. The van der Waals surface area contributed by atoms with E-state index in [4.69, 9.17) is 9.47 Å². The van der Waals surface area contributed by atoms with Crippen LogP contribution in [-0.4, -0.2) is 106 Å². The summed E-state index contributed by atoms with van der Waals surface area (Å²) < 4.78 is 26.5. The van der Waals surface area contributed by atoms with Gasteiger partial charge >= 0.3 is 0 Å². The Morgan fingerprint density at radius 2 is 1.85 bits per heavy atom. The molecule has 0 aliphatic carbocycles. The zero-order valence-electron chi connectivity index (χ0n) is 26.1. The maximum atomic E-state index is 15.2. The first-order valence-corrected chi connectivity index (χ1v) is 15.9. The Kier molecular flexibility index (Phi) is 8.95. The summed E-state index contributed by atoms with van der Waals surface area (Å²) >= 11 is 0. The van der Waals surface area contributed by atoms with Gasteiger partial charge in [0.15, 0.2) is 12.0 Å². The molecule has 13 nitrogen and oxygen atoms in total. The normalized spacial score (nSPS) is 20.1. The number of nitrogens with one attached hydrogen (secondary N) is 2. The van der Waals surface area contributed by atoms with Crippen molar-refractivity contribution in [3.05, 3.63) is 88.6 Å². The highest BCUT2D eigenvalue weighted by atomic mass is 19.1. The third-order valence-electron chi connectivity index (χ3n) is 8.94. The molecular formula is C34H34FN9O4. The second kappa shape index (κ2) is 13.8. The quantitative estimate of drug-likeness (QED) is 0.289. The first-order valence-electron chi connectivity index (χ1n) is 15.9. The Hall–Kier alpha value is -5.39. The first kappa shape index (κ1) is 31.2. The molecule has 2 aromatic heterocycles. The summed E-state index contributed by atoms with van der Waals surface area (Å²) in [6.07, 6.45) is 0.668. The third-order valence-corrected chi connectivity index (χ3v) is 8.94. The number of anilines is 3. The number of H-pyrrole nitrogens is 1. The van der Waals surface area contributed by atoms with Crippen LogP contribution in [0.25, 0.3) is 11.4 Å². The monoisotopic (exact) mass is 651 g/mol. The Bertz CT molecular complexity index is 1870. The van der Waals surface area contributed by atoms with Crippen LogP contribution in [-0.2, 0) is 4.74 Å². The number of alkyl halides is 1. The van der Waals surface area contributed by atoms with Crippen molar-refractivity contribution in [2.45, 2.75) is 24.7 Å². The lowest BCUT2D eigenvalue weighted by molar-refractivity contribution is -0.0660. The molecular weight excluding hydrogens is 617 g/mol. The maximum Gasteiger partial charge on any atom is 0.254 e. The van der Waals surface area contributed by atoms with Crippen molar-refractivity contribution in [3.63, 3.8) is 0 Å². The Morgan fingerprint density at radius 3 is 2.56 bits per heavy atom. The number of pyridine rings is 1. The number of piperazine rings is 1. The zero-order valence-corrected chi connectivity index (χ0v) is 26.1. The van der Waals surface area contributed by atoms with Gasteiger partial charge in [-0.05, 0) is 48.5 Å². The van der Waals surface area contributed by atoms with E-state index in [1.165, 1.54) is 29.6 Å². The molecule has 2 atom stereocenters. The molecule has 3 aliphatic rings. The van der Waals surface area contributed by atoms with Gasteiger partial charge in [0.05, 0.1) is 31.4 Å². The molecule has 5 heterocycles. The van der Waals surface area contributed by atoms with Gasteiger partial charge in [-0.3, -0.25) is 14.5 Å². The molecule has 0 unspecified atom stereocenters. The van der Waals surface area contributed by atoms with E-state index in [9.17, 15) is 14.9 Å². The molecule has 14 heteroatoms. The maximum absolute atomic E-state index is 15.2. The SMILES string of the molecule is N#Cc1cc(-c2ncnc(Nc3ccc(N4CCN(C5COC5)CC4)cc3)n2)ccc1O[C@H]1CCN(C(=O)c2cc[nH]c(=O)c2)C[C@@H]1F. The van der Waals surface area contributed by atoms with E-state index >= 15 is 4.39 Å². The fraction of sp³-hybridized carbons (Fsp3) is 0.353. The molecule has 3 saturated heterocycles. The molecule has 3 aliphatic heterocycles. The van der Waals surface area contributed by atoms with E-state index in [-0.39, 0.29) is 36.4 Å². The van der Waals surface area contributed by atoms with Crippen molar-refractivity contribution >= 4 is 23.2 Å². The number of carbonyl (C=O) groups is 1. The first-order chi connectivity index (χ1) is 23.4. The number of amides is 1. The van der Waals surface area contributed by atoms with Gasteiger partial charge in [-0.2, -0.15) is 10.2 Å². The Morgan fingerprint density at radius 1 is 1.04 bits per heavy atom. The number of aromatic nitrogens is 4. The van der Waals surface area contributed by atoms with E-state index in [1.807, 2.05) is 12.1 Å². The van der Waals surface area contributed by atoms with Crippen LogP contribution >= 0.6 is 0 Å². The molecule has 7 rings (SSSR count). The van der Waals surface area contributed by atoms with E-state index in [1.54, 1.807) is 18.2 Å². The van der Waals surface area contributed by atoms with Crippen LogP contribution in [0.4, 0.5) is 21.7 Å². The highest BCUT2D eigenvalue weighted by Crippen LogP contribution is 2.29. The number of carbonyl (C=O) groups excluding carboxylic acids is 1. The van der Waals surface area contributed by atoms with Gasteiger partial charge in [-0.25, -0.2) is 14.4 Å². The summed E-state index contributed by atoms with van der Waals surface area (Å²) in [6, 6.07) is 18.4. The van der Waals surface area contributed by atoms with Crippen LogP contribution in [0, 0.1) is 11.3 Å². The number of ether oxygens (including phenoxy) is 2. The number of nitrogens with zero attached hydrogens (tertiary/aromatic N) is 7. The number of aromatic amines is 1. The average molecular weight is 652 g/mol. The van der Waals surface area contributed by atoms with Crippen molar-refractivity contribution in [1.29, 1.82) is 5.26 Å². The van der Waals surface area contributed by atoms with Gasteiger partial charge in [0.1, 0.15) is 24.3 Å². The minimum atomic E-state index is -1.49. The second-order valence-electron chi connectivity index (χ2n) is 12.0. The predicted molar refractivity (Wildman–Crippen MR) is 175 cm³/mol. The summed E-state index contributed by atoms with van der Waals surface area (Å²) in [5.74, 6) is 0.521. The molecule has 2 N–H and O–H groups in total. The number of piperidine rings is 1. The summed E-state index contributed by atoms with van der Waals surface area (Å²) in [4.78, 5) is 46.2. The van der Waals surface area contributed by atoms with Crippen LogP contribution in [0.3, 0.4) is 0 Å². The van der Waals surface area contributed by atoms with E-state index in [0.717, 1.165) is 50.8 Å². The van der Waals surface area contributed by atoms with Crippen molar-refractivity contribution in [1.82, 2.24) is 29.7 Å². The number of likely N-dealkylation sites (tertiary alicyclic amines) is 1. The molecule has 48 heavy (non-hydrogen) atoms. The molecule has 2 aromatic carbocycles. The topological polar surface area (TPSA) is 153 Å². The Labute approximate surface area is 276 Å². The second-order valence-corrected chi connectivity index (χ2v) is 12.0. The van der Waals surface area contributed by atoms with Crippen molar-refractivity contribution in [2.24, 2.45) is 0 Å². The molecule has 3 fully saturated rings. The van der Waals surface area contributed by atoms with Gasteiger partial charge < -0.3 is 29.6 Å². The molecule has 0 radical (unpaired) electrons. The molecule has 0 bridgehead atoms. The van der Waals surface area contributed by atoms with Crippen LogP contribution in [0.1, 0.15) is 22.3 Å². The highest BCUT2D eigenvalue weighted by molar-refractivity contribution is 5.94. The van der Waals surface area contributed by atoms with E-state index < -0.39 is 23.7 Å². The van der Waals surface area contributed by atoms with Crippen LogP contribution in [0.2, 0.25) is 0 Å². The standard InChI is InChI=1S/C34H34FN9O4/c35-28-18-44(33(46)23-7-9-37-31(45)16-23)10-8-30(28)48-29-6-1-22(15-24(29)17-36)32-38-21-39-34(41-32)40-25-2-4-26(5-3-25)42-11-13-43(14-12-42)27-19-47-20-27/h1-7,9,15-16,21,27-28,30H,8,10-14,18-20H2,(H,37,45)(H,38,39,40,41)/t28-,30-/m0/s1. The lowest BCUT2D eigenvalue weighted by Crippen LogP contribution is -2.56. The van der Waals surface area contributed by atoms with Crippen LogP contribution in [0.15, 0.2) is 71.9 Å². The van der Waals surface area contributed by atoms with Crippen molar-refractivity contribution < 1.29 is 18.7 Å². The smallest absolute Gasteiger partial charge is 0.254 e. The number of rotatable bonds is 8. The van der Waals surface area contributed by atoms with Crippen LogP contribution < -0.4 is 20.5 Å². The van der Waals surface area contributed by atoms with Crippen molar-refractivity contribution in [3.8, 4) is 23.2 Å². The minimum absolute atomic E-state index is 0.187. The van der Waals surface area contributed by atoms with Crippen molar-refractivity contribution in [2.75, 3.05) is 62.7 Å². The number of benzene rings is 2. The number of hydrogen-bond acceptors (Lipinski definition) is 11. The number of halogens is 1. The largest absolute Gasteiger partial charge is 0.486 e. The van der Waals surface area contributed by atoms with E-state index in [0.29, 0.717) is 23.4 Å². The number of hydrogen-bond donors (Lipinski definition) is 2. The van der Waals surface area contributed by atoms with Gasteiger partial charge in [-0.1, -0.05) is 0 Å². The highest BCUT2D eigenvalue weighted by Gasteiger charge is 2.34. The average Bonchev–Trinajstić information content (AvgIpc) is 3.09. The van der Waals surface area contributed by atoms with E-state index in [2.05, 4.69) is 53.3 Å². The summed E-state index contributed by atoms with van der Waals surface area (Å²) in [5.41, 5.74) is 2.56. The summed E-state index contributed by atoms with van der Waals surface area (Å²) in [6.45, 7) is 5.74. The lowest BCUT2D eigenvalue weighted by atomic mass is 10.0. The van der Waals surface area contributed by atoms with Gasteiger partial charge in [0.2, 0.25) is 11.5 Å². The van der Waals surface area contributed by atoms with Gasteiger partial charge in [0.25, 0.3) is 5.91 Å². The summed E-state index contributed by atoms with van der Waals surface area (Å²) in [7, 11) is 0. The predicted octanol–water partition coefficient (Wildman–Crippen LogP) is 2.99.